The first-order chi connectivity index (χ1) is 11.0. The highest BCUT2D eigenvalue weighted by molar-refractivity contribution is 9.11. The number of hydrogen-bond acceptors (Lipinski definition) is 3. The summed E-state index contributed by atoms with van der Waals surface area (Å²) >= 11 is 6.91. The largest absolute Gasteiger partial charge is 0.374 e. The summed E-state index contributed by atoms with van der Waals surface area (Å²) in [4.78, 5) is 11.8. The van der Waals surface area contributed by atoms with Gasteiger partial charge in [0.1, 0.15) is 5.82 Å². The van der Waals surface area contributed by atoms with Crippen LogP contribution in [0.3, 0.4) is 0 Å². The summed E-state index contributed by atoms with van der Waals surface area (Å²) in [5.74, 6) is -0.604. The second-order valence-corrected chi connectivity index (χ2v) is 6.51. The van der Waals surface area contributed by atoms with E-state index in [2.05, 4.69) is 47.7 Å². The summed E-state index contributed by atoms with van der Waals surface area (Å²) in [6.07, 6.45) is 1.45. The highest BCUT2D eigenvalue weighted by atomic mass is 79.9. The zero-order valence-electron chi connectivity index (χ0n) is 12.2. The van der Waals surface area contributed by atoms with Crippen molar-refractivity contribution in [2.45, 2.75) is 6.92 Å². The Morgan fingerprint density at radius 2 is 1.83 bits per heavy atom. The third-order valence-electron chi connectivity index (χ3n) is 2.89. The molecule has 120 valence electrons. The van der Waals surface area contributed by atoms with Crippen molar-refractivity contribution in [2.24, 2.45) is 5.10 Å². The fourth-order valence-corrected chi connectivity index (χ4v) is 3.50. The Bertz CT molecular complexity index is 710. The molecule has 7 heteroatoms. The molecule has 2 rings (SSSR count). The van der Waals surface area contributed by atoms with Gasteiger partial charge in [0.2, 0.25) is 0 Å². The number of carbonyl (C=O) groups excluding carboxylic acids is 1. The standard InChI is InChI=1S/C16H14Br2FN3O/c1-10-6-13(17)16(14(18)7-10)20-9-15(23)22-21-8-11-2-4-12(19)5-3-11/h2-8,20H,9H2,1H3,(H,22,23)/b21-8+. The Balaban J connectivity index is 1.87. The number of halogens is 3. The third kappa shape index (κ3) is 5.44. The molecule has 1 amide bonds. The van der Waals surface area contributed by atoms with Crippen molar-refractivity contribution < 1.29 is 9.18 Å². The van der Waals surface area contributed by atoms with E-state index in [0.717, 1.165) is 20.2 Å². The summed E-state index contributed by atoms with van der Waals surface area (Å²) in [6, 6.07) is 9.72. The predicted octanol–water partition coefficient (Wildman–Crippen LogP) is 4.22. The highest BCUT2D eigenvalue weighted by Crippen LogP contribution is 2.31. The molecule has 0 heterocycles. The van der Waals surface area contributed by atoms with Crippen molar-refractivity contribution in [1.29, 1.82) is 0 Å². The second-order valence-electron chi connectivity index (χ2n) is 4.80. The molecule has 0 saturated carbocycles. The molecule has 2 N–H and O–H groups in total. The number of carbonyl (C=O) groups is 1. The molecule has 23 heavy (non-hydrogen) atoms. The average Bonchev–Trinajstić information content (AvgIpc) is 2.48. The molecule has 2 aromatic carbocycles. The van der Waals surface area contributed by atoms with E-state index < -0.39 is 0 Å². The molecule has 0 saturated heterocycles. The summed E-state index contributed by atoms with van der Waals surface area (Å²) in [7, 11) is 0. The number of anilines is 1. The monoisotopic (exact) mass is 441 g/mol. The Kier molecular flexibility index (Phi) is 6.29. The van der Waals surface area contributed by atoms with Gasteiger partial charge in [-0.2, -0.15) is 5.10 Å². The van der Waals surface area contributed by atoms with Crippen LogP contribution in [-0.4, -0.2) is 18.7 Å². The Hall–Kier alpha value is -1.73. The van der Waals surface area contributed by atoms with Crippen molar-refractivity contribution in [1.82, 2.24) is 5.43 Å². The van der Waals surface area contributed by atoms with E-state index in [0.29, 0.717) is 5.56 Å². The maximum absolute atomic E-state index is 12.8. The Morgan fingerprint density at radius 1 is 1.22 bits per heavy atom. The van der Waals surface area contributed by atoms with Gasteiger partial charge in [-0.05, 0) is 74.2 Å². The molecule has 0 bridgehead atoms. The van der Waals surface area contributed by atoms with Crippen LogP contribution in [0.5, 0.6) is 0 Å². The van der Waals surface area contributed by atoms with Crippen molar-refractivity contribution in [3.63, 3.8) is 0 Å². The first-order valence-corrected chi connectivity index (χ1v) is 8.31. The number of amides is 1. The Labute approximate surface area is 150 Å². The predicted molar refractivity (Wildman–Crippen MR) is 97.2 cm³/mol. The molecular weight excluding hydrogens is 429 g/mol. The maximum Gasteiger partial charge on any atom is 0.259 e. The fraction of sp³-hybridized carbons (Fsp3) is 0.125. The van der Waals surface area contributed by atoms with Crippen LogP contribution in [0.15, 0.2) is 50.4 Å². The van der Waals surface area contributed by atoms with E-state index in [1.807, 2.05) is 19.1 Å². The van der Waals surface area contributed by atoms with Crippen LogP contribution in [0, 0.1) is 12.7 Å². The number of hydrazone groups is 1. The molecule has 4 nitrogen and oxygen atoms in total. The van der Waals surface area contributed by atoms with Gasteiger partial charge < -0.3 is 5.32 Å². The fourth-order valence-electron chi connectivity index (χ4n) is 1.80. The Morgan fingerprint density at radius 3 is 2.43 bits per heavy atom. The zero-order valence-corrected chi connectivity index (χ0v) is 15.4. The lowest BCUT2D eigenvalue weighted by atomic mass is 10.2. The van der Waals surface area contributed by atoms with Crippen molar-refractivity contribution in [3.05, 3.63) is 62.3 Å². The van der Waals surface area contributed by atoms with Gasteiger partial charge in [-0.25, -0.2) is 9.82 Å². The van der Waals surface area contributed by atoms with E-state index in [4.69, 9.17) is 0 Å². The molecular formula is C16H14Br2FN3O. The van der Waals surface area contributed by atoms with Crippen molar-refractivity contribution in [3.8, 4) is 0 Å². The minimum absolute atomic E-state index is 0.0705. The number of nitrogens with zero attached hydrogens (tertiary/aromatic N) is 1. The molecule has 0 aromatic heterocycles. The molecule has 2 aromatic rings. The number of hydrogen-bond donors (Lipinski definition) is 2. The highest BCUT2D eigenvalue weighted by Gasteiger charge is 2.07. The normalized spacial score (nSPS) is 10.8. The SMILES string of the molecule is Cc1cc(Br)c(NCC(=O)N/N=C/c2ccc(F)cc2)c(Br)c1. The molecule has 0 fully saturated rings. The lowest BCUT2D eigenvalue weighted by molar-refractivity contribution is -0.119. The van der Waals surface area contributed by atoms with Crippen molar-refractivity contribution in [2.75, 3.05) is 11.9 Å². The molecule has 0 atom stereocenters. The summed E-state index contributed by atoms with van der Waals surface area (Å²) in [6.45, 7) is 2.05. The molecule has 0 unspecified atom stereocenters. The van der Waals surface area contributed by atoms with Crippen LogP contribution in [0.4, 0.5) is 10.1 Å². The summed E-state index contributed by atoms with van der Waals surface area (Å²) in [5, 5.41) is 6.87. The van der Waals surface area contributed by atoms with Crippen LogP contribution in [0.25, 0.3) is 0 Å². The third-order valence-corrected chi connectivity index (χ3v) is 4.14. The minimum atomic E-state index is -0.315. The summed E-state index contributed by atoms with van der Waals surface area (Å²) < 4.78 is 14.5. The molecule has 0 radical (unpaired) electrons. The lowest BCUT2D eigenvalue weighted by Gasteiger charge is -2.11. The number of rotatable bonds is 5. The van der Waals surface area contributed by atoms with Gasteiger partial charge in [0.05, 0.1) is 18.4 Å². The van der Waals surface area contributed by atoms with Gasteiger partial charge in [-0.3, -0.25) is 4.79 Å². The topological polar surface area (TPSA) is 53.5 Å². The zero-order chi connectivity index (χ0) is 16.8. The van der Waals surface area contributed by atoms with Gasteiger partial charge in [-0.1, -0.05) is 12.1 Å². The van der Waals surface area contributed by atoms with Gasteiger partial charge in [-0.15, -0.1) is 0 Å². The van der Waals surface area contributed by atoms with Gasteiger partial charge >= 0.3 is 0 Å². The quantitative estimate of drug-likeness (QED) is 0.538. The molecule has 0 spiro atoms. The van der Waals surface area contributed by atoms with E-state index >= 15 is 0 Å². The van der Waals surface area contributed by atoms with Gasteiger partial charge in [0.25, 0.3) is 5.91 Å². The van der Waals surface area contributed by atoms with Crippen LogP contribution in [-0.2, 0) is 4.79 Å². The summed E-state index contributed by atoms with van der Waals surface area (Å²) in [5.41, 5.74) is 5.01. The van der Waals surface area contributed by atoms with E-state index in [1.165, 1.54) is 18.3 Å². The number of aryl methyl sites for hydroxylation is 1. The van der Waals surface area contributed by atoms with Gasteiger partial charge in [0, 0.05) is 8.95 Å². The first kappa shape index (κ1) is 17.6. The number of benzene rings is 2. The van der Waals surface area contributed by atoms with Gasteiger partial charge in [0.15, 0.2) is 0 Å². The van der Waals surface area contributed by atoms with E-state index in [1.54, 1.807) is 12.1 Å². The van der Waals surface area contributed by atoms with Crippen LogP contribution in [0.1, 0.15) is 11.1 Å². The number of nitrogens with one attached hydrogen (secondary N) is 2. The van der Waals surface area contributed by atoms with Crippen LogP contribution < -0.4 is 10.7 Å². The molecule has 0 aliphatic carbocycles. The van der Waals surface area contributed by atoms with Crippen LogP contribution >= 0.6 is 31.9 Å². The smallest absolute Gasteiger partial charge is 0.259 e. The van der Waals surface area contributed by atoms with Crippen molar-refractivity contribution >= 4 is 49.7 Å². The minimum Gasteiger partial charge on any atom is -0.374 e. The molecule has 0 aliphatic rings. The first-order valence-electron chi connectivity index (χ1n) is 6.72. The lowest BCUT2D eigenvalue weighted by Crippen LogP contribution is -2.26. The van der Waals surface area contributed by atoms with E-state index in [9.17, 15) is 9.18 Å². The molecule has 0 aliphatic heterocycles. The average molecular weight is 443 g/mol. The maximum atomic E-state index is 12.8. The second kappa shape index (κ2) is 8.21. The van der Waals surface area contributed by atoms with E-state index in [-0.39, 0.29) is 18.3 Å². The van der Waals surface area contributed by atoms with Crippen LogP contribution in [0.2, 0.25) is 0 Å².